The lowest BCUT2D eigenvalue weighted by Crippen LogP contribution is -2.62. The average molecular weight is 1850 g/mol. The zero-order chi connectivity index (χ0) is 95.3. The second-order valence-electron chi connectivity index (χ2n) is 33.5. The maximum Gasteiger partial charge on any atom is 0.246 e. The van der Waals surface area contributed by atoms with Crippen LogP contribution < -0.4 is 76.1 Å². The number of amides is 18. The molecule has 5 aromatic rings. The maximum absolute atomic E-state index is 15.7. The molecule has 3 aromatic carbocycles. The van der Waals surface area contributed by atoms with Gasteiger partial charge in [-0.25, -0.2) is 0 Å². The highest BCUT2D eigenvalue weighted by Crippen LogP contribution is 2.30. The first-order valence-electron chi connectivity index (χ1n) is 43.8. The molecule has 14 atom stereocenters. The minimum absolute atomic E-state index is 0.00614. The molecule has 5 heterocycles. The molecule has 0 spiro atoms. The van der Waals surface area contributed by atoms with Crippen LogP contribution in [0.5, 0.6) is 5.75 Å². The summed E-state index contributed by atoms with van der Waals surface area (Å²) in [4.78, 5) is 270. The number of thiophene rings is 1. The molecule has 3 saturated heterocycles. The number of nitrogens with two attached hydrogens (primary N) is 4. The monoisotopic (exact) mass is 1840 g/mol. The van der Waals surface area contributed by atoms with Crippen LogP contribution in [-0.2, 0) is 106 Å². The fraction of sp³-hybridized carbons (Fsp3) is 0.545. The molecule has 3 fully saturated rings. The molecule has 40 nitrogen and oxygen atoms in total. The van der Waals surface area contributed by atoms with Crippen molar-refractivity contribution in [3.63, 3.8) is 0 Å². The van der Waals surface area contributed by atoms with Gasteiger partial charge in [0.05, 0.1) is 31.7 Å². The van der Waals surface area contributed by atoms with E-state index in [4.69, 9.17) is 22.9 Å². The minimum atomic E-state index is -1.84. The van der Waals surface area contributed by atoms with Crippen molar-refractivity contribution in [1.29, 1.82) is 0 Å². The summed E-state index contributed by atoms with van der Waals surface area (Å²) in [6.07, 6.45) is 1.25. The highest BCUT2D eigenvalue weighted by atomic mass is 32.2. The Kier molecular flexibility index (Phi) is 39.2. The molecule has 130 heavy (non-hydrogen) atoms. The van der Waals surface area contributed by atoms with E-state index in [0.717, 1.165) is 31.6 Å². The van der Waals surface area contributed by atoms with Crippen LogP contribution in [0.3, 0.4) is 0 Å². The maximum atomic E-state index is 15.7. The number of aromatic nitrogens is 1. The number of nitrogens with zero attached hydrogens (tertiary/aromatic N) is 5. The Labute approximate surface area is 761 Å². The van der Waals surface area contributed by atoms with E-state index < -0.39 is 228 Å². The number of phenolic OH excluding ortho intramolecular Hbond substituents is 1. The van der Waals surface area contributed by atoms with Crippen LogP contribution in [0.4, 0.5) is 0 Å². The Morgan fingerprint density at radius 1 is 0.515 bits per heavy atom. The summed E-state index contributed by atoms with van der Waals surface area (Å²) >= 11 is 2.14. The third kappa shape index (κ3) is 28.6. The average Bonchev–Trinajstić information content (AvgIpc) is 1.77. The minimum Gasteiger partial charge on any atom is -0.508 e. The Bertz CT molecular complexity index is 4890. The normalized spacial score (nSPS) is 24.7. The van der Waals surface area contributed by atoms with Gasteiger partial charge >= 0.3 is 0 Å². The van der Waals surface area contributed by atoms with Crippen molar-refractivity contribution in [3.05, 3.63) is 101 Å². The molecular formula is C88H124N20O20S2. The number of aliphatic hydroxyl groups excluding tert-OH is 1. The molecule has 0 aliphatic carbocycles. The van der Waals surface area contributed by atoms with Gasteiger partial charge in [-0.3, -0.25) is 86.3 Å². The number of benzene rings is 3. The van der Waals surface area contributed by atoms with Crippen LogP contribution in [0.1, 0.15) is 148 Å². The number of hydrogen-bond acceptors (Lipinski definition) is 23. The Morgan fingerprint density at radius 3 is 1.65 bits per heavy atom. The first kappa shape index (κ1) is 103. The van der Waals surface area contributed by atoms with E-state index in [9.17, 15) is 63.0 Å². The molecule has 21 N–H and O–H groups in total. The summed E-state index contributed by atoms with van der Waals surface area (Å²) in [7, 11) is 3.94. The van der Waals surface area contributed by atoms with Crippen molar-refractivity contribution in [1.82, 2.24) is 82.7 Å². The molecule has 1 unspecified atom stereocenters. The fourth-order valence-electron chi connectivity index (χ4n) is 16.1. The van der Waals surface area contributed by atoms with E-state index in [2.05, 4.69) is 58.2 Å². The molecular weight excluding hydrogens is 1720 g/mol. The second kappa shape index (κ2) is 49.5. The number of para-hydroxylation sites is 1. The number of phenols is 1. The molecule has 708 valence electrons. The number of fused-ring (bicyclic) bond motifs is 4. The molecule has 3 aliphatic heterocycles. The van der Waals surface area contributed by atoms with Crippen LogP contribution in [-0.4, -0.2) is 296 Å². The first-order chi connectivity index (χ1) is 61.9. The van der Waals surface area contributed by atoms with Crippen molar-refractivity contribution >= 4 is 150 Å². The summed E-state index contributed by atoms with van der Waals surface area (Å²) in [6.45, 7) is 6.48. The lowest BCUT2D eigenvalue weighted by molar-refractivity contribution is -0.149. The predicted molar refractivity (Wildman–Crippen MR) is 483 cm³/mol. The van der Waals surface area contributed by atoms with Gasteiger partial charge in [0.15, 0.2) is 0 Å². The number of rotatable bonds is 25. The third-order valence-electron chi connectivity index (χ3n) is 23.3. The topological polar surface area (TPSA) is 604 Å². The van der Waals surface area contributed by atoms with Crippen LogP contribution in [0.15, 0.2) is 84.4 Å². The van der Waals surface area contributed by atoms with E-state index in [1.54, 1.807) is 55.8 Å². The van der Waals surface area contributed by atoms with Gasteiger partial charge in [-0.15, -0.1) is 23.1 Å². The molecule has 18 amide bonds. The van der Waals surface area contributed by atoms with Gasteiger partial charge in [-0.2, -0.15) is 0 Å². The second-order valence-corrected chi connectivity index (χ2v) is 35.4. The van der Waals surface area contributed by atoms with Crippen molar-refractivity contribution in [2.24, 2.45) is 28.9 Å². The number of H-pyrrole nitrogens is 1. The number of thioether (sulfide) groups is 1. The number of primary amides is 3. The number of carbonyl (C=O) groups is 18. The summed E-state index contributed by atoms with van der Waals surface area (Å²) < 4.78 is 0.826. The van der Waals surface area contributed by atoms with Gasteiger partial charge in [-0.05, 0) is 129 Å². The van der Waals surface area contributed by atoms with E-state index in [1.807, 2.05) is 32.0 Å². The standard InChI is InChI=1S/C88H124N20O20S2/c1-9-11-24-66-81(121)96-57(23-17-33-89)77(117)103-65(76(116)94-43-73(92)113)46-129-47-74(114)95-61(37-50-29-31-53(110)32-30-50)84(124)104(6)49(5)75(115)99-63(41-72(91)112)87(127)108-35-19-27-68(108)83(123)98-59(40-71(90)111)79(119)100-60(36-48(3)4)86(126)107-34-18-26-67(107)82(122)97-58(38-51-42-93-56-22-15-13-20-54(51)56)78(118)102-64(44-109)80(120)101-62(39-52-45-130-70-28-16-14-21-55(52)70)85(125)106(8)69(25-12-10-2)88(128)105(66)7/h13-16,20-22,28-32,42,45,48-49,57-69,93,109-110H,9-12,17-19,23-27,33-41,43-44,46-47,89H2,1-8H3,(H2,90,111)(H2,91,112)(H2,92,113)(H,94,116)(H,95,114)(H,96,121)(H,97,122)(H,98,123)(H,99,115)(H,100,119)(H,101,120)(H,102,118)(H,103,117)/t49-,57-,58-,59-,60-,61-,62-,63-,64-,65?,66-,67-,68-,69-/m0/s1. The zero-order valence-electron chi connectivity index (χ0n) is 74.5. The van der Waals surface area contributed by atoms with E-state index >= 15 is 33.6 Å². The van der Waals surface area contributed by atoms with E-state index in [1.165, 1.54) is 78.4 Å². The van der Waals surface area contributed by atoms with Crippen molar-refractivity contribution < 1.29 is 96.5 Å². The summed E-state index contributed by atoms with van der Waals surface area (Å²) in [5.74, 6) is -18.4. The lowest BCUT2D eigenvalue weighted by atomic mass is 10.00. The van der Waals surface area contributed by atoms with E-state index in [0.29, 0.717) is 53.3 Å². The number of aliphatic hydroxyl groups is 1. The van der Waals surface area contributed by atoms with Crippen LogP contribution in [0.2, 0.25) is 0 Å². The van der Waals surface area contributed by atoms with Gasteiger partial charge in [0.25, 0.3) is 0 Å². The Hall–Kier alpha value is -12.3. The number of carbonyl (C=O) groups excluding carboxylic acids is 18. The Morgan fingerprint density at radius 2 is 1.03 bits per heavy atom. The van der Waals surface area contributed by atoms with Crippen molar-refractivity contribution in [3.8, 4) is 5.75 Å². The van der Waals surface area contributed by atoms with Crippen molar-refractivity contribution in [2.75, 3.05) is 65.4 Å². The molecule has 8 rings (SSSR count). The van der Waals surface area contributed by atoms with Gasteiger partial charge in [0, 0.05) is 81.0 Å². The highest BCUT2D eigenvalue weighted by Gasteiger charge is 2.46. The highest BCUT2D eigenvalue weighted by molar-refractivity contribution is 8.00. The summed E-state index contributed by atoms with van der Waals surface area (Å²) in [6, 6.07) is -1.62. The third-order valence-corrected chi connectivity index (χ3v) is 25.4. The molecule has 3 aliphatic rings. The zero-order valence-corrected chi connectivity index (χ0v) is 76.2. The molecule has 0 bridgehead atoms. The van der Waals surface area contributed by atoms with Gasteiger partial charge in [-0.1, -0.05) is 102 Å². The number of hydrogen-bond donors (Lipinski definition) is 17. The van der Waals surface area contributed by atoms with Crippen LogP contribution in [0, 0.1) is 5.92 Å². The summed E-state index contributed by atoms with van der Waals surface area (Å²) in [5.41, 5.74) is 25.0. The molecule has 42 heteroatoms. The lowest BCUT2D eigenvalue weighted by Gasteiger charge is -2.36. The van der Waals surface area contributed by atoms with Gasteiger partial charge in [0.2, 0.25) is 106 Å². The predicted octanol–water partition coefficient (Wildman–Crippen LogP) is -1.78. The number of aromatic amines is 1. The van der Waals surface area contributed by atoms with Crippen molar-refractivity contribution in [2.45, 2.75) is 235 Å². The number of aromatic hydroxyl groups is 1. The Balaban J connectivity index is 1.18. The number of likely N-dealkylation sites (N-methyl/N-ethyl adjacent to an activating group) is 3. The van der Waals surface area contributed by atoms with E-state index in [-0.39, 0.29) is 108 Å². The van der Waals surface area contributed by atoms with Gasteiger partial charge in [0.1, 0.15) is 90.3 Å². The van der Waals surface area contributed by atoms with Gasteiger partial charge < -0.3 is 116 Å². The smallest absolute Gasteiger partial charge is 0.246 e. The number of nitrogens with one attached hydrogen (secondary N) is 11. The molecule has 0 saturated carbocycles. The van der Waals surface area contributed by atoms with Crippen LogP contribution >= 0.6 is 23.1 Å². The SMILES string of the molecule is CCCC[C@H]1C(=O)N(C)[C@@H](CCCC)C(=O)N[C@@H](CCCN)C(=O)NC(C(=O)NCC(N)=O)CSCC(=O)N[C@@H](Cc2ccc(O)cc2)C(=O)N(C)[C@@H](C)C(=O)N[C@@H](CC(N)=O)C(=O)N2CCC[C@H]2C(=O)N[C@@H](CC(N)=O)C(=O)N[C@@H](CC(C)C)C(=O)N2CCC[C@H]2C(=O)N[C@@H](Cc2c[nH]c3ccccc23)C(=O)N[C@@H](CO)C(=O)N[C@@H](Cc2csc3ccccc23)C(=O)N1C. The molecule has 0 radical (unpaired) electrons. The summed E-state index contributed by atoms with van der Waals surface area (Å²) in [5, 5.41) is 50.7. The fourth-order valence-corrected chi connectivity index (χ4v) is 17.9. The van der Waals surface area contributed by atoms with Crippen LogP contribution in [0.25, 0.3) is 21.0 Å². The quantitative estimate of drug-likeness (QED) is 0.0307. The largest absolute Gasteiger partial charge is 0.508 e. The number of unbranched alkanes of at least 4 members (excludes halogenated alkanes) is 2. The molecule has 2 aromatic heterocycles. The first-order valence-corrected chi connectivity index (χ1v) is 45.8.